The number of nitrogens with one attached hydrogen (secondary N) is 1. The maximum atomic E-state index is 12.4. The third-order valence-electron chi connectivity index (χ3n) is 3.26. The Hall–Kier alpha value is -2.34. The van der Waals surface area contributed by atoms with Crippen molar-refractivity contribution in [1.82, 2.24) is 4.57 Å². The summed E-state index contributed by atoms with van der Waals surface area (Å²) in [7, 11) is 0. The predicted molar refractivity (Wildman–Crippen MR) is 103 cm³/mol. The summed E-state index contributed by atoms with van der Waals surface area (Å²) in [5.74, 6) is 0.238. The molecule has 1 aromatic heterocycles. The van der Waals surface area contributed by atoms with Crippen molar-refractivity contribution in [2.24, 2.45) is 4.99 Å². The van der Waals surface area contributed by atoms with Gasteiger partial charge in [0.25, 0.3) is 0 Å². The Morgan fingerprint density at radius 3 is 2.68 bits per heavy atom. The van der Waals surface area contributed by atoms with Crippen LogP contribution in [0.4, 0.5) is 5.69 Å². The number of nitrogens with zero attached hydrogens (tertiary/aromatic N) is 2. The van der Waals surface area contributed by atoms with E-state index in [0.717, 1.165) is 11.3 Å². The summed E-state index contributed by atoms with van der Waals surface area (Å²) in [6, 6.07) is 13.2. The van der Waals surface area contributed by atoms with E-state index in [1.807, 2.05) is 57.2 Å². The van der Waals surface area contributed by atoms with Gasteiger partial charge in [0, 0.05) is 17.9 Å². The van der Waals surface area contributed by atoms with Gasteiger partial charge in [-0.15, -0.1) is 11.8 Å². The number of carbonyl (C=O) groups is 2. The monoisotopic (exact) mass is 357 g/mol. The predicted octanol–water partition coefficient (Wildman–Crippen LogP) is 3.12. The maximum Gasteiger partial charge on any atom is 0.242 e. The number of rotatable bonds is 6. The molecule has 0 saturated heterocycles. The quantitative estimate of drug-likeness (QED) is 0.864. The molecule has 1 N–H and O–H groups in total. The topological polar surface area (TPSA) is 63.5 Å². The highest BCUT2D eigenvalue weighted by Crippen LogP contribution is 2.10. The molecule has 0 aliphatic rings. The second-order valence-electron chi connectivity index (χ2n) is 5.96. The average Bonchev–Trinajstić information content (AvgIpc) is 2.54. The van der Waals surface area contributed by atoms with Gasteiger partial charge in [-0.25, -0.2) is 0 Å². The minimum atomic E-state index is -0.117. The molecule has 1 heterocycles. The highest BCUT2D eigenvalue weighted by molar-refractivity contribution is 8.00. The van der Waals surface area contributed by atoms with Gasteiger partial charge in [0.15, 0.2) is 0 Å². The fourth-order valence-corrected chi connectivity index (χ4v) is 2.91. The molecule has 5 nitrogen and oxygen atoms in total. The first-order valence-electron chi connectivity index (χ1n) is 8.14. The van der Waals surface area contributed by atoms with E-state index in [1.54, 1.807) is 12.3 Å². The highest BCUT2D eigenvalue weighted by atomic mass is 32.2. The van der Waals surface area contributed by atoms with Crippen LogP contribution in [-0.2, 0) is 4.79 Å². The van der Waals surface area contributed by atoms with E-state index >= 15 is 0 Å². The van der Waals surface area contributed by atoms with Crippen LogP contribution in [0.15, 0.2) is 53.7 Å². The van der Waals surface area contributed by atoms with Crippen LogP contribution in [0.5, 0.6) is 0 Å². The lowest BCUT2D eigenvalue weighted by atomic mass is 10.2. The normalized spacial score (nSPS) is 11.6. The second kappa shape index (κ2) is 9.22. The third-order valence-corrected chi connectivity index (χ3v) is 4.18. The Kier molecular flexibility index (Phi) is 7.01. The first-order chi connectivity index (χ1) is 12.0. The molecule has 0 fully saturated rings. The first kappa shape index (κ1) is 19.0. The molecule has 25 heavy (non-hydrogen) atoms. The molecule has 2 aromatic rings. The molecule has 0 unspecified atom stereocenters. The largest absolute Gasteiger partial charge is 0.325 e. The van der Waals surface area contributed by atoms with E-state index in [-0.39, 0.29) is 29.4 Å². The van der Waals surface area contributed by atoms with Crippen molar-refractivity contribution < 1.29 is 9.59 Å². The number of hydrogen-bond donors (Lipinski definition) is 1. The van der Waals surface area contributed by atoms with Gasteiger partial charge >= 0.3 is 0 Å². The molecular weight excluding hydrogens is 334 g/mol. The molecule has 1 amide bonds. The number of pyridine rings is 1. The van der Waals surface area contributed by atoms with Crippen LogP contribution in [0.2, 0.25) is 0 Å². The minimum Gasteiger partial charge on any atom is -0.325 e. The molecule has 0 radical (unpaired) electrons. The molecule has 1 aromatic carbocycles. The van der Waals surface area contributed by atoms with Crippen molar-refractivity contribution in [2.45, 2.75) is 26.8 Å². The lowest BCUT2D eigenvalue weighted by Gasteiger charge is -2.08. The van der Waals surface area contributed by atoms with Crippen molar-refractivity contribution >= 4 is 29.3 Å². The van der Waals surface area contributed by atoms with Crippen LogP contribution < -0.4 is 10.8 Å². The van der Waals surface area contributed by atoms with E-state index in [9.17, 15) is 9.59 Å². The van der Waals surface area contributed by atoms with Crippen molar-refractivity contribution in [2.75, 3.05) is 16.8 Å². The Morgan fingerprint density at radius 1 is 1.16 bits per heavy atom. The summed E-state index contributed by atoms with van der Waals surface area (Å²) in [6.07, 6.45) is 1.71. The van der Waals surface area contributed by atoms with Gasteiger partial charge in [-0.05, 0) is 50.6 Å². The van der Waals surface area contributed by atoms with Crippen molar-refractivity contribution in [1.29, 1.82) is 0 Å². The van der Waals surface area contributed by atoms with Crippen molar-refractivity contribution in [3.05, 3.63) is 59.7 Å². The fourth-order valence-electron chi connectivity index (χ4n) is 2.24. The number of carbonyl (C=O) groups excluding carboxylic acids is 2. The lowest BCUT2D eigenvalue weighted by molar-refractivity contribution is -0.113. The number of hydrogen-bond acceptors (Lipinski definition) is 4. The SMILES string of the molecule is Cc1cccc(NC(=O)CSCC(=O)n2ccccc2=NC(C)C)c1. The van der Waals surface area contributed by atoms with Crippen LogP contribution in [-0.4, -0.2) is 33.9 Å². The van der Waals surface area contributed by atoms with Crippen LogP contribution in [0, 0.1) is 6.92 Å². The highest BCUT2D eigenvalue weighted by Gasteiger charge is 2.08. The Labute approximate surface area is 152 Å². The maximum absolute atomic E-state index is 12.4. The number of anilines is 1. The van der Waals surface area contributed by atoms with Gasteiger partial charge < -0.3 is 5.32 Å². The number of aromatic nitrogens is 1. The third kappa shape index (κ3) is 6.23. The molecular formula is C19H23N3O2S. The minimum absolute atomic E-state index is 0.0895. The van der Waals surface area contributed by atoms with Gasteiger partial charge in [-0.3, -0.25) is 19.1 Å². The van der Waals surface area contributed by atoms with Crippen molar-refractivity contribution in [3.8, 4) is 0 Å². The summed E-state index contributed by atoms with van der Waals surface area (Å²) >= 11 is 1.29. The average molecular weight is 357 g/mol. The van der Waals surface area contributed by atoms with Crippen LogP contribution in [0.1, 0.15) is 24.2 Å². The number of aryl methyl sites for hydroxylation is 1. The van der Waals surface area contributed by atoms with Crippen LogP contribution in [0.25, 0.3) is 0 Å². The zero-order valence-corrected chi connectivity index (χ0v) is 15.5. The Balaban J connectivity index is 1.90. The molecule has 0 bridgehead atoms. The summed E-state index contributed by atoms with van der Waals surface area (Å²) in [6.45, 7) is 5.90. The molecule has 0 aliphatic heterocycles. The van der Waals surface area contributed by atoms with Crippen LogP contribution >= 0.6 is 11.8 Å². The molecule has 132 valence electrons. The number of benzene rings is 1. The molecule has 2 rings (SSSR count). The molecule has 6 heteroatoms. The van der Waals surface area contributed by atoms with Crippen LogP contribution in [0.3, 0.4) is 0 Å². The molecule has 0 saturated carbocycles. The molecule has 0 aliphatic carbocycles. The van der Waals surface area contributed by atoms with E-state index in [4.69, 9.17) is 0 Å². The Morgan fingerprint density at radius 2 is 1.96 bits per heavy atom. The Bertz CT molecular complexity index is 812. The lowest BCUT2D eigenvalue weighted by Crippen LogP contribution is -2.29. The van der Waals surface area contributed by atoms with E-state index < -0.39 is 0 Å². The van der Waals surface area contributed by atoms with Gasteiger partial charge in [0.2, 0.25) is 11.8 Å². The summed E-state index contributed by atoms with van der Waals surface area (Å²) < 4.78 is 1.53. The zero-order valence-electron chi connectivity index (χ0n) is 14.7. The van der Waals surface area contributed by atoms with Gasteiger partial charge in [0.1, 0.15) is 5.49 Å². The van der Waals surface area contributed by atoms with E-state index in [1.165, 1.54) is 16.3 Å². The standard InChI is InChI=1S/C19H23N3O2S/c1-14(2)20-17-9-4-5-10-22(17)19(24)13-25-12-18(23)21-16-8-6-7-15(3)11-16/h4-11,14H,12-13H2,1-3H3,(H,21,23). The number of thioether (sulfide) groups is 1. The van der Waals surface area contributed by atoms with Crippen molar-refractivity contribution in [3.63, 3.8) is 0 Å². The molecule has 0 atom stereocenters. The summed E-state index contributed by atoms with van der Waals surface area (Å²) in [5.41, 5.74) is 2.49. The molecule has 0 spiro atoms. The second-order valence-corrected chi connectivity index (χ2v) is 6.94. The first-order valence-corrected chi connectivity index (χ1v) is 9.30. The van der Waals surface area contributed by atoms with E-state index in [0.29, 0.717) is 5.49 Å². The zero-order chi connectivity index (χ0) is 18.2. The van der Waals surface area contributed by atoms with Gasteiger partial charge in [-0.2, -0.15) is 0 Å². The number of amides is 1. The summed E-state index contributed by atoms with van der Waals surface area (Å²) in [4.78, 5) is 28.8. The van der Waals surface area contributed by atoms with E-state index in [2.05, 4.69) is 10.3 Å². The fraction of sp³-hybridized carbons (Fsp3) is 0.316. The summed E-state index contributed by atoms with van der Waals surface area (Å²) in [5, 5.41) is 2.84. The smallest absolute Gasteiger partial charge is 0.242 e. The van der Waals surface area contributed by atoms with Gasteiger partial charge in [0.05, 0.1) is 11.5 Å². The van der Waals surface area contributed by atoms with Gasteiger partial charge in [-0.1, -0.05) is 18.2 Å².